The van der Waals surface area contributed by atoms with Crippen molar-refractivity contribution in [3.63, 3.8) is 0 Å². The molecule has 1 aromatic carbocycles. The molecule has 0 bridgehead atoms. The number of amides is 1. The molecule has 1 aromatic rings. The van der Waals surface area contributed by atoms with Crippen LogP contribution < -0.4 is 0 Å². The fourth-order valence-corrected chi connectivity index (χ4v) is 3.62. The lowest BCUT2D eigenvalue weighted by Crippen LogP contribution is -2.44. The number of nitriles is 1. The number of hydrogen-bond donors (Lipinski definition) is 0. The summed E-state index contributed by atoms with van der Waals surface area (Å²) in [6.45, 7) is 2.73. The Morgan fingerprint density at radius 1 is 1.42 bits per heavy atom. The van der Waals surface area contributed by atoms with Gasteiger partial charge in [-0.3, -0.25) is 9.69 Å². The van der Waals surface area contributed by atoms with Crippen molar-refractivity contribution < 1.29 is 13.9 Å². The molecular weight excluding hydrogens is 309 g/mol. The van der Waals surface area contributed by atoms with Gasteiger partial charge in [0.05, 0.1) is 23.8 Å². The van der Waals surface area contributed by atoms with E-state index in [1.54, 1.807) is 13.2 Å². The van der Waals surface area contributed by atoms with Crippen LogP contribution in [0.2, 0.25) is 0 Å². The predicted molar refractivity (Wildman–Crippen MR) is 86.5 cm³/mol. The summed E-state index contributed by atoms with van der Waals surface area (Å²) in [4.78, 5) is 16.8. The summed E-state index contributed by atoms with van der Waals surface area (Å²) in [5.74, 6) is -0.274. The Kier molecular flexibility index (Phi) is 5.12. The highest BCUT2D eigenvalue weighted by Crippen LogP contribution is 2.26. The van der Waals surface area contributed by atoms with E-state index in [0.717, 1.165) is 31.5 Å². The second kappa shape index (κ2) is 7.29. The first-order valence-corrected chi connectivity index (χ1v) is 8.36. The number of likely N-dealkylation sites (tertiary alicyclic amines) is 2. The van der Waals surface area contributed by atoms with Crippen LogP contribution in [0.15, 0.2) is 18.2 Å². The normalized spacial score (nSPS) is 24.3. The summed E-state index contributed by atoms with van der Waals surface area (Å²) in [5.41, 5.74) is 1.07. The Hall–Kier alpha value is -1.97. The lowest BCUT2D eigenvalue weighted by atomic mass is 10.1. The van der Waals surface area contributed by atoms with Crippen LogP contribution in [0.3, 0.4) is 0 Å². The van der Waals surface area contributed by atoms with Crippen LogP contribution in [-0.2, 0) is 16.1 Å². The summed E-state index contributed by atoms with van der Waals surface area (Å²) < 4.78 is 18.8. The molecule has 1 amide bonds. The standard InChI is InChI=1S/C18H22FN3O2/c1-24-16-9-17(18(23)21-6-2-3-7-21)22(12-16)11-13-4-5-15(19)8-14(13)10-20/h4-5,8,16-17H,2-3,6-7,9,11-12H2,1H3/t16-,17-/m0/s1. The molecular formula is C18H22FN3O2. The molecule has 128 valence electrons. The van der Waals surface area contributed by atoms with Crippen LogP contribution >= 0.6 is 0 Å². The lowest BCUT2D eigenvalue weighted by molar-refractivity contribution is -0.135. The summed E-state index contributed by atoms with van der Waals surface area (Å²) in [7, 11) is 1.66. The second-order valence-corrected chi connectivity index (χ2v) is 6.48. The van der Waals surface area contributed by atoms with Gasteiger partial charge in [0.25, 0.3) is 0 Å². The average molecular weight is 331 g/mol. The third-order valence-electron chi connectivity index (χ3n) is 4.97. The van der Waals surface area contributed by atoms with Crippen molar-refractivity contribution in [2.24, 2.45) is 0 Å². The molecule has 3 rings (SSSR count). The molecule has 2 atom stereocenters. The summed E-state index contributed by atoms with van der Waals surface area (Å²) in [6.07, 6.45) is 2.79. The molecule has 2 aliphatic rings. The number of halogens is 1. The number of rotatable bonds is 4. The van der Waals surface area contributed by atoms with Crippen LogP contribution in [0, 0.1) is 17.1 Å². The minimum Gasteiger partial charge on any atom is -0.380 e. The van der Waals surface area contributed by atoms with Crippen LogP contribution in [0.4, 0.5) is 4.39 Å². The van der Waals surface area contributed by atoms with E-state index in [1.165, 1.54) is 12.1 Å². The highest BCUT2D eigenvalue weighted by molar-refractivity contribution is 5.82. The zero-order valence-electron chi connectivity index (χ0n) is 13.9. The fraction of sp³-hybridized carbons (Fsp3) is 0.556. The Morgan fingerprint density at radius 2 is 2.17 bits per heavy atom. The topological polar surface area (TPSA) is 56.6 Å². The van der Waals surface area contributed by atoms with E-state index in [4.69, 9.17) is 4.74 Å². The van der Waals surface area contributed by atoms with Crippen molar-refractivity contribution in [2.45, 2.75) is 38.0 Å². The van der Waals surface area contributed by atoms with Gasteiger partial charge in [-0.25, -0.2) is 4.39 Å². The van der Waals surface area contributed by atoms with Gasteiger partial charge in [-0.1, -0.05) is 6.07 Å². The smallest absolute Gasteiger partial charge is 0.240 e. The van der Waals surface area contributed by atoms with Gasteiger partial charge in [0.2, 0.25) is 5.91 Å². The van der Waals surface area contributed by atoms with E-state index in [-0.39, 0.29) is 18.1 Å². The molecule has 0 unspecified atom stereocenters. The van der Waals surface area contributed by atoms with Crippen molar-refractivity contribution in [1.82, 2.24) is 9.80 Å². The number of ether oxygens (including phenoxy) is 1. The van der Waals surface area contributed by atoms with E-state index >= 15 is 0 Å². The first-order valence-electron chi connectivity index (χ1n) is 8.36. The fourth-order valence-electron chi connectivity index (χ4n) is 3.62. The molecule has 2 aliphatic heterocycles. The largest absolute Gasteiger partial charge is 0.380 e. The molecule has 24 heavy (non-hydrogen) atoms. The Morgan fingerprint density at radius 3 is 2.83 bits per heavy atom. The minimum absolute atomic E-state index is 0.00698. The van der Waals surface area contributed by atoms with Crippen LogP contribution in [0.25, 0.3) is 0 Å². The predicted octanol–water partition coefficient (Wildman–Crippen LogP) is 1.91. The molecule has 5 nitrogen and oxygen atoms in total. The quantitative estimate of drug-likeness (QED) is 0.846. The van der Waals surface area contributed by atoms with Crippen molar-refractivity contribution in [3.8, 4) is 6.07 Å². The zero-order valence-corrected chi connectivity index (χ0v) is 13.9. The number of nitrogens with zero attached hydrogens (tertiary/aromatic N) is 3. The number of hydrogen-bond acceptors (Lipinski definition) is 4. The summed E-state index contributed by atoms with van der Waals surface area (Å²) in [5, 5.41) is 9.23. The van der Waals surface area contributed by atoms with E-state index in [0.29, 0.717) is 25.1 Å². The molecule has 6 heteroatoms. The first-order chi connectivity index (χ1) is 11.6. The molecule has 0 aliphatic carbocycles. The Bertz CT molecular complexity index is 652. The van der Waals surface area contributed by atoms with Gasteiger partial charge in [0, 0.05) is 33.3 Å². The third-order valence-corrected chi connectivity index (χ3v) is 4.97. The average Bonchev–Trinajstić information content (AvgIpc) is 3.25. The Labute approximate surface area is 141 Å². The maximum absolute atomic E-state index is 13.3. The van der Waals surface area contributed by atoms with E-state index < -0.39 is 5.82 Å². The van der Waals surface area contributed by atoms with E-state index in [2.05, 4.69) is 4.90 Å². The van der Waals surface area contributed by atoms with E-state index in [1.807, 2.05) is 11.0 Å². The molecule has 0 N–H and O–H groups in total. The number of carbonyl (C=O) groups is 1. The van der Waals surface area contributed by atoms with Gasteiger partial charge in [-0.15, -0.1) is 0 Å². The highest BCUT2D eigenvalue weighted by atomic mass is 19.1. The van der Waals surface area contributed by atoms with Gasteiger partial charge in [0.1, 0.15) is 5.82 Å². The van der Waals surface area contributed by atoms with Gasteiger partial charge < -0.3 is 9.64 Å². The number of benzene rings is 1. The van der Waals surface area contributed by atoms with Crippen molar-refractivity contribution in [3.05, 3.63) is 35.1 Å². The maximum Gasteiger partial charge on any atom is 0.240 e. The van der Waals surface area contributed by atoms with Crippen LogP contribution in [0.5, 0.6) is 0 Å². The van der Waals surface area contributed by atoms with Gasteiger partial charge in [-0.2, -0.15) is 5.26 Å². The lowest BCUT2D eigenvalue weighted by Gasteiger charge is -2.27. The zero-order chi connectivity index (χ0) is 17.1. The minimum atomic E-state index is -0.420. The van der Waals surface area contributed by atoms with Crippen LogP contribution in [-0.4, -0.2) is 54.6 Å². The molecule has 2 heterocycles. The molecule has 2 saturated heterocycles. The maximum atomic E-state index is 13.3. The first kappa shape index (κ1) is 16.9. The van der Waals surface area contributed by atoms with Crippen molar-refractivity contribution >= 4 is 5.91 Å². The third kappa shape index (κ3) is 3.42. The van der Waals surface area contributed by atoms with Crippen molar-refractivity contribution in [1.29, 1.82) is 5.26 Å². The summed E-state index contributed by atoms with van der Waals surface area (Å²) >= 11 is 0. The second-order valence-electron chi connectivity index (χ2n) is 6.48. The molecule has 0 radical (unpaired) electrons. The highest BCUT2D eigenvalue weighted by Gasteiger charge is 2.39. The number of methoxy groups -OCH3 is 1. The van der Waals surface area contributed by atoms with E-state index in [9.17, 15) is 14.4 Å². The monoisotopic (exact) mass is 331 g/mol. The SMILES string of the molecule is CO[C@H]1C[C@@H](C(=O)N2CCCC2)N(Cc2ccc(F)cc2C#N)C1. The van der Waals surface area contributed by atoms with Gasteiger partial charge >= 0.3 is 0 Å². The van der Waals surface area contributed by atoms with Crippen molar-refractivity contribution in [2.75, 3.05) is 26.7 Å². The number of carbonyl (C=O) groups excluding carboxylic acids is 1. The van der Waals surface area contributed by atoms with Gasteiger partial charge in [0.15, 0.2) is 0 Å². The molecule has 0 spiro atoms. The molecule has 0 aromatic heterocycles. The molecule has 0 saturated carbocycles. The van der Waals surface area contributed by atoms with Gasteiger partial charge in [-0.05, 0) is 37.0 Å². The summed E-state index contributed by atoms with van der Waals surface area (Å²) in [6, 6.07) is 6.05. The Balaban J connectivity index is 1.79. The molecule has 2 fully saturated rings. The van der Waals surface area contributed by atoms with Crippen LogP contribution in [0.1, 0.15) is 30.4 Å².